The van der Waals surface area contributed by atoms with Crippen LogP contribution in [-0.4, -0.2) is 76.1 Å². The molecule has 36 heavy (non-hydrogen) atoms. The third-order valence-electron chi connectivity index (χ3n) is 6.65. The number of pyridine rings is 2. The van der Waals surface area contributed by atoms with Gasteiger partial charge in [0.05, 0.1) is 12.1 Å². The van der Waals surface area contributed by atoms with Gasteiger partial charge in [0.2, 0.25) is 5.91 Å². The zero-order valence-electron chi connectivity index (χ0n) is 20.5. The monoisotopic (exact) mass is 559 g/mol. The molecule has 4 heterocycles. The molecule has 0 aromatic carbocycles. The van der Waals surface area contributed by atoms with Crippen molar-refractivity contribution < 1.29 is 26.7 Å². The summed E-state index contributed by atoms with van der Waals surface area (Å²) in [5.41, 5.74) is 2.16. The second kappa shape index (κ2) is 15.2. The summed E-state index contributed by atoms with van der Waals surface area (Å²) in [5.74, 6) is 1.10. The summed E-state index contributed by atoms with van der Waals surface area (Å²) >= 11 is 1.93. The van der Waals surface area contributed by atoms with Crippen LogP contribution in [0.15, 0.2) is 48.8 Å². The third kappa shape index (κ3) is 9.07. The van der Waals surface area contributed by atoms with E-state index in [-0.39, 0.29) is 41.1 Å². The minimum Gasteiger partial charge on any atom is -0.355 e. The van der Waals surface area contributed by atoms with Crippen molar-refractivity contribution in [1.82, 2.24) is 30.8 Å². The minimum atomic E-state index is -0.0428. The number of hydrogen-bond acceptors (Lipinski definition) is 6. The summed E-state index contributed by atoms with van der Waals surface area (Å²) in [4.78, 5) is 35.1. The maximum atomic E-state index is 12.4. The largest absolute Gasteiger partial charge is 0.355 e. The normalized spacial score (nSPS) is 20.4. The molecule has 0 spiro atoms. The van der Waals surface area contributed by atoms with Gasteiger partial charge in [0, 0.05) is 97.3 Å². The van der Waals surface area contributed by atoms with E-state index in [1.54, 1.807) is 0 Å². The van der Waals surface area contributed by atoms with Crippen molar-refractivity contribution in [3.63, 3.8) is 0 Å². The van der Waals surface area contributed by atoms with E-state index in [0.717, 1.165) is 68.9 Å². The molecule has 0 bridgehead atoms. The first-order valence-electron chi connectivity index (χ1n) is 12.6. The number of fused-ring (bicyclic) bond motifs is 1. The molecule has 2 aliphatic heterocycles. The molecule has 199 valence electrons. The quantitative estimate of drug-likeness (QED) is 0.187. The van der Waals surface area contributed by atoms with Crippen LogP contribution in [0.25, 0.3) is 0 Å². The Morgan fingerprint density at radius 2 is 1.69 bits per heavy atom. The number of rotatable bonds is 14. The topological polar surface area (TPSA) is 99.2 Å². The first-order valence-corrected chi connectivity index (χ1v) is 13.7. The van der Waals surface area contributed by atoms with Crippen molar-refractivity contribution in [2.75, 3.05) is 31.9 Å². The van der Waals surface area contributed by atoms with Crippen LogP contribution in [0.3, 0.4) is 0 Å². The van der Waals surface area contributed by atoms with Crippen LogP contribution >= 0.6 is 11.8 Å². The Kier molecular flexibility index (Phi) is 12.0. The van der Waals surface area contributed by atoms with Crippen molar-refractivity contribution in [3.8, 4) is 0 Å². The molecule has 0 aliphatic carbocycles. The van der Waals surface area contributed by atoms with Gasteiger partial charge >= 0.3 is 6.03 Å². The Bertz CT molecular complexity index is 895. The number of unbranched alkanes of at least 4 members (excludes halogenated alkanes) is 1. The van der Waals surface area contributed by atoms with Crippen molar-refractivity contribution in [2.24, 2.45) is 0 Å². The molecule has 2 saturated heterocycles. The van der Waals surface area contributed by atoms with Gasteiger partial charge in [-0.1, -0.05) is 18.6 Å². The van der Waals surface area contributed by atoms with Crippen LogP contribution in [0, 0.1) is 0 Å². The SMILES string of the molecule is O=C(CCCC[C@@H]1SC[C@@H]2NC(=O)N[C@@H]21)NCCN(CCc1ccccn1)CCc1ccccn1.[Cu]. The van der Waals surface area contributed by atoms with Gasteiger partial charge in [0.25, 0.3) is 0 Å². The van der Waals surface area contributed by atoms with Crippen LogP contribution in [0.5, 0.6) is 0 Å². The van der Waals surface area contributed by atoms with Gasteiger partial charge in [-0.05, 0) is 37.1 Å². The Balaban J connectivity index is 0.00000361. The number of carbonyl (C=O) groups is 2. The predicted octanol–water partition coefficient (Wildman–Crippen LogP) is 2.40. The van der Waals surface area contributed by atoms with Gasteiger partial charge in [-0.2, -0.15) is 11.8 Å². The summed E-state index contributed by atoms with van der Waals surface area (Å²) in [6, 6.07) is 12.5. The molecular formula is C26H36CuN6O2S. The van der Waals surface area contributed by atoms with E-state index in [1.807, 2.05) is 48.4 Å². The number of nitrogens with zero attached hydrogens (tertiary/aromatic N) is 3. The number of nitrogens with one attached hydrogen (secondary N) is 3. The van der Waals surface area contributed by atoms with Gasteiger partial charge in [0.15, 0.2) is 0 Å². The first-order chi connectivity index (χ1) is 17.2. The van der Waals surface area contributed by atoms with Crippen molar-refractivity contribution in [2.45, 2.75) is 55.9 Å². The molecule has 4 rings (SSSR count). The molecule has 0 unspecified atom stereocenters. The second-order valence-electron chi connectivity index (χ2n) is 9.20. The van der Waals surface area contributed by atoms with Crippen LogP contribution < -0.4 is 16.0 Å². The minimum absolute atomic E-state index is 0. The average Bonchev–Trinajstić information content (AvgIpc) is 3.43. The van der Waals surface area contributed by atoms with E-state index in [1.165, 1.54) is 0 Å². The van der Waals surface area contributed by atoms with Gasteiger partial charge in [-0.3, -0.25) is 14.8 Å². The zero-order valence-corrected chi connectivity index (χ0v) is 22.3. The Morgan fingerprint density at radius 3 is 2.33 bits per heavy atom. The van der Waals surface area contributed by atoms with E-state index < -0.39 is 0 Å². The maximum absolute atomic E-state index is 12.4. The number of aromatic nitrogens is 2. The molecule has 2 aliphatic rings. The number of urea groups is 1. The average molecular weight is 560 g/mol. The third-order valence-corrected chi connectivity index (χ3v) is 8.16. The molecule has 3 amide bonds. The van der Waals surface area contributed by atoms with E-state index in [0.29, 0.717) is 18.2 Å². The van der Waals surface area contributed by atoms with E-state index >= 15 is 0 Å². The second-order valence-corrected chi connectivity index (χ2v) is 10.5. The molecule has 2 aromatic rings. The van der Waals surface area contributed by atoms with Crippen LogP contribution in [-0.2, 0) is 34.7 Å². The Hall–Kier alpha value is -2.13. The number of thioether (sulfide) groups is 1. The van der Waals surface area contributed by atoms with Crippen LogP contribution in [0.2, 0.25) is 0 Å². The standard InChI is InChI=1S/C26H36N6O2S.Cu/c33-24(10-2-1-9-23-25-22(19-35-23)30-26(34)31-25)29-15-18-32(16-11-20-7-3-5-13-27-20)17-12-21-8-4-6-14-28-21;/h3-8,13-14,22-23,25H,1-2,9-12,15-19H2,(H,29,33)(H2,30,31,34);/t22-,23-,25-;/m0./s1. The molecule has 1 radical (unpaired) electrons. The summed E-state index contributed by atoms with van der Waals surface area (Å²) in [7, 11) is 0. The predicted molar refractivity (Wildman–Crippen MR) is 139 cm³/mol. The fourth-order valence-electron chi connectivity index (χ4n) is 4.69. The Morgan fingerprint density at radius 1 is 1.00 bits per heavy atom. The molecule has 2 fully saturated rings. The first kappa shape index (κ1) is 28.4. The van der Waals surface area contributed by atoms with Crippen molar-refractivity contribution in [1.29, 1.82) is 0 Å². The van der Waals surface area contributed by atoms with Gasteiger partial charge in [0.1, 0.15) is 0 Å². The Labute approximate surface area is 228 Å². The number of amides is 3. The molecule has 10 heteroatoms. The van der Waals surface area contributed by atoms with Gasteiger partial charge < -0.3 is 20.9 Å². The van der Waals surface area contributed by atoms with Gasteiger partial charge in [-0.25, -0.2) is 4.79 Å². The van der Waals surface area contributed by atoms with E-state index in [9.17, 15) is 9.59 Å². The molecule has 0 saturated carbocycles. The zero-order chi connectivity index (χ0) is 24.3. The maximum Gasteiger partial charge on any atom is 0.315 e. The fourth-order valence-corrected chi connectivity index (χ4v) is 6.23. The summed E-state index contributed by atoms with van der Waals surface area (Å²) in [6.07, 6.45) is 8.90. The molecular weight excluding hydrogens is 524 g/mol. The number of carbonyl (C=O) groups excluding carboxylic acids is 2. The summed E-state index contributed by atoms with van der Waals surface area (Å²) in [5, 5.41) is 9.56. The molecule has 3 atom stereocenters. The van der Waals surface area contributed by atoms with Crippen molar-refractivity contribution in [3.05, 3.63) is 60.2 Å². The summed E-state index contributed by atoms with van der Waals surface area (Å²) < 4.78 is 0. The van der Waals surface area contributed by atoms with E-state index in [4.69, 9.17) is 0 Å². The number of hydrogen-bond donors (Lipinski definition) is 3. The van der Waals surface area contributed by atoms with Gasteiger partial charge in [-0.15, -0.1) is 0 Å². The van der Waals surface area contributed by atoms with E-state index in [2.05, 4.69) is 43.0 Å². The molecule has 2 aromatic heterocycles. The molecule has 8 nitrogen and oxygen atoms in total. The van der Waals surface area contributed by atoms with Crippen LogP contribution in [0.4, 0.5) is 4.79 Å². The van der Waals surface area contributed by atoms with Crippen LogP contribution in [0.1, 0.15) is 37.1 Å². The summed E-state index contributed by atoms with van der Waals surface area (Å²) in [6.45, 7) is 3.24. The fraction of sp³-hybridized carbons (Fsp3) is 0.538. The van der Waals surface area contributed by atoms with Crippen molar-refractivity contribution >= 4 is 23.7 Å². The molecule has 3 N–H and O–H groups in total. The smallest absolute Gasteiger partial charge is 0.315 e.